The van der Waals surface area contributed by atoms with E-state index in [1.165, 1.54) is 11.3 Å². The van der Waals surface area contributed by atoms with Crippen molar-refractivity contribution in [2.24, 2.45) is 0 Å². The van der Waals surface area contributed by atoms with Gasteiger partial charge in [-0.3, -0.25) is 14.4 Å². The smallest absolute Gasteiger partial charge is 0.265 e. The summed E-state index contributed by atoms with van der Waals surface area (Å²) >= 11 is 1.32. The molecule has 3 aromatic rings. The first-order valence-electron chi connectivity index (χ1n) is 9.11. The number of para-hydroxylation sites is 1. The summed E-state index contributed by atoms with van der Waals surface area (Å²) in [5.41, 5.74) is 1.65. The van der Waals surface area contributed by atoms with E-state index in [1.807, 2.05) is 35.7 Å². The van der Waals surface area contributed by atoms with Crippen molar-refractivity contribution >= 4 is 34.7 Å². The Balaban J connectivity index is 1.61. The maximum absolute atomic E-state index is 12.7. The molecule has 3 N–H and O–H groups in total. The first-order chi connectivity index (χ1) is 14.0. The van der Waals surface area contributed by atoms with Crippen LogP contribution in [0, 0.1) is 0 Å². The van der Waals surface area contributed by atoms with E-state index in [0.717, 1.165) is 5.56 Å². The van der Waals surface area contributed by atoms with Gasteiger partial charge < -0.3 is 16.0 Å². The van der Waals surface area contributed by atoms with Crippen LogP contribution in [0.25, 0.3) is 0 Å². The number of nitrogens with one attached hydrogen (secondary N) is 3. The van der Waals surface area contributed by atoms with Gasteiger partial charge in [0.1, 0.15) is 6.04 Å². The van der Waals surface area contributed by atoms with Crippen LogP contribution >= 0.6 is 11.3 Å². The van der Waals surface area contributed by atoms with E-state index in [-0.39, 0.29) is 11.8 Å². The molecule has 7 heteroatoms. The van der Waals surface area contributed by atoms with Gasteiger partial charge in [-0.2, -0.15) is 0 Å². The second-order valence-electron chi connectivity index (χ2n) is 6.38. The topological polar surface area (TPSA) is 87.3 Å². The molecule has 0 spiro atoms. The van der Waals surface area contributed by atoms with E-state index in [1.54, 1.807) is 43.3 Å². The number of hydrogen-bond acceptors (Lipinski definition) is 4. The summed E-state index contributed by atoms with van der Waals surface area (Å²) in [5, 5.41) is 10.0. The third-order valence-electron chi connectivity index (χ3n) is 4.22. The second-order valence-corrected chi connectivity index (χ2v) is 7.32. The summed E-state index contributed by atoms with van der Waals surface area (Å²) in [6.45, 7) is 2.00. The van der Waals surface area contributed by atoms with Gasteiger partial charge >= 0.3 is 0 Å². The Morgan fingerprint density at radius 1 is 0.897 bits per heavy atom. The monoisotopic (exact) mass is 407 g/mol. The lowest BCUT2D eigenvalue weighted by atomic mass is 10.1. The van der Waals surface area contributed by atoms with Gasteiger partial charge in [0.05, 0.1) is 16.1 Å². The van der Waals surface area contributed by atoms with Crippen LogP contribution in [-0.2, 0) is 11.3 Å². The van der Waals surface area contributed by atoms with Gasteiger partial charge in [0.2, 0.25) is 5.91 Å². The Morgan fingerprint density at radius 2 is 1.62 bits per heavy atom. The van der Waals surface area contributed by atoms with Crippen LogP contribution in [0.1, 0.15) is 32.5 Å². The third kappa shape index (κ3) is 5.52. The summed E-state index contributed by atoms with van der Waals surface area (Å²) in [6, 6.07) is 19.0. The molecule has 0 saturated carbocycles. The molecule has 0 saturated heterocycles. The Labute approximate surface area is 173 Å². The minimum absolute atomic E-state index is 0.283. The van der Waals surface area contributed by atoms with Gasteiger partial charge in [-0.05, 0) is 36.1 Å². The number of rotatable bonds is 7. The molecule has 1 heterocycles. The van der Waals surface area contributed by atoms with Crippen LogP contribution in [0.15, 0.2) is 72.1 Å². The van der Waals surface area contributed by atoms with Gasteiger partial charge in [-0.25, -0.2) is 0 Å². The lowest BCUT2D eigenvalue weighted by Gasteiger charge is -2.16. The van der Waals surface area contributed by atoms with Crippen LogP contribution < -0.4 is 16.0 Å². The molecule has 1 atom stereocenters. The molecule has 2 aromatic carbocycles. The third-order valence-corrected chi connectivity index (χ3v) is 5.08. The zero-order chi connectivity index (χ0) is 20.6. The Bertz CT molecular complexity index is 988. The first kappa shape index (κ1) is 20.3. The SMILES string of the molecule is CC(NC(=O)c1ccccc1NC(=O)c1cccs1)C(=O)NCc1ccccc1. The van der Waals surface area contributed by atoms with Crippen molar-refractivity contribution in [3.05, 3.63) is 88.1 Å². The Hall–Kier alpha value is -3.45. The Kier molecular flexibility index (Phi) is 6.76. The number of thiophene rings is 1. The van der Waals surface area contributed by atoms with Crippen molar-refractivity contribution in [1.29, 1.82) is 0 Å². The van der Waals surface area contributed by atoms with E-state index < -0.39 is 11.9 Å². The molecule has 0 radical (unpaired) electrons. The van der Waals surface area contributed by atoms with E-state index in [0.29, 0.717) is 22.7 Å². The van der Waals surface area contributed by atoms with Crippen molar-refractivity contribution in [3.63, 3.8) is 0 Å². The van der Waals surface area contributed by atoms with Crippen molar-refractivity contribution in [3.8, 4) is 0 Å². The molecule has 1 aromatic heterocycles. The number of carbonyl (C=O) groups is 3. The molecule has 3 rings (SSSR count). The minimum atomic E-state index is -0.729. The average Bonchev–Trinajstić information content (AvgIpc) is 3.28. The highest BCUT2D eigenvalue weighted by molar-refractivity contribution is 7.12. The standard InChI is InChI=1S/C22H21N3O3S/c1-15(20(26)23-14-16-8-3-2-4-9-16)24-21(27)17-10-5-6-11-18(17)25-22(28)19-12-7-13-29-19/h2-13,15H,14H2,1H3,(H,23,26)(H,24,27)(H,25,28). The van der Waals surface area contributed by atoms with E-state index >= 15 is 0 Å². The summed E-state index contributed by atoms with van der Waals surface area (Å²) in [6.07, 6.45) is 0. The molecular formula is C22H21N3O3S. The number of benzene rings is 2. The predicted octanol–water partition coefficient (Wildman–Crippen LogP) is 3.44. The summed E-state index contributed by atoms with van der Waals surface area (Å²) in [4.78, 5) is 37.8. The van der Waals surface area contributed by atoms with Gasteiger partial charge in [0.15, 0.2) is 0 Å². The fraction of sp³-hybridized carbons (Fsp3) is 0.136. The van der Waals surface area contributed by atoms with Gasteiger partial charge in [0, 0.05) is 6.54 Å². The molecule has 6 nitrogen and oxygen atoms in total. The van der Waals surface area contributed by atoms with Crippen molar-refractivity contribution < 1.29 is 14.4 Å². The summed E-state index contributed by atoms with van der Waals surface area (Å²) < 4.78 is 0. The molecule has 3 amide bonds. The highest BCUT2D eigenvalue weighted by Crippen LogP contribution is 2.18. The quantitative estimate of drug-likeness (QED) is 0.561. The number of carbonyl (C=O) groups excluding carboxylic acids is 3. The fourth-order valence-electron chi connectivity index (χ4n) is 2.66. The van der Waals surface area contributed by atoms with E-state index in [4.69, 9.17) is 0 Å². The highest BCUT2D eigenvalue weighted by Gasteiger charge is 2.19. The molecule has 1 unspecified atom stereocenters. The molecule has 0 bridgehead atoms. The molecule has 0 aliphatic rings. The molecular weight excluding hydrogens is 386 g/mol. The number of anilines is 1. The normalized spacial score (nSPS) is 11.3. The maximum Gasteiger partial charge on any atom is 0.265 e. The van der Waals surface area contributed by atoms with Crippen molar-refractivity contribution in [1.82, 2.24) is 10.6 Å². The summed E-state index contributed by atoms with van der Waals surface area (Å²) in [5.74, 6) is -1.01. The maximum atomic E-state index is 12.7. The van der Waals surface area contributed by atoms with Crippen LogP contribution in [-0.4, -0.2) is 23.8 Å². The average molecular weight is 407 g/mol. The number of amides is 3. The lowest BCUT2D eigenvalue weighted by molar-refractivity contribution is -0.122. The van der Waals surface area contributed by atoms with Crippen molar-refractivity contribution in [2.45, 2.75) is 19.5 Å². The molecule has 0 aliphatic carbocycles. The van der Waals surface area contributed by atoms with E-state index in [2.05, 4.69) is 16.0 Å². The molecule has 0 aliphatic heterocycles. The zero-order valence-corrected chi connectivity index (χ0v) is 16.7. The van der Waals surface area contributed by atoms with Crippen LogP contribution in [0.4, 0.5) is 5.69 Å². The largest absolute Gasteiger partial charge is 0.350 e. The first-order valence-corrected chi connectivity index (χ1v) is 9.99. The van der Waals surface area contributed by atoms with Gasteiger partial charge in [-0.15, -0.1) is 11.3 Å². The molecule has 148 valence electrons. The summed E-state index contributed by atoms with van der Waals surface area (Å²) in [7, 11) is 0. The minimum Gasteiger partial charge on any atom is -0.350 e. The highest BCUT2D eigenvalue weighted by atomic mass is 32.1. The zero-order valence-electron chi connectivity index (χ0n) is 15.8. The van der Waals surface area contributed by atoms with Crippen molar-refractivity contribution in [2.75, 3.05) is 5.32 Å². The van der Waals surface area contributed by atoms with Crippen LogP contribution in [0.5, 0.6) is 0 Å². The molecule has 29 heavy (non-hydrogen) atoms. The van der Waals surface area contributed by atoms with Crippen LogP contribution in [0.2, 0.25) is 0 Å². The predicted molar refractivity (Wildman–Crippen MR) is 114 cm³/mol. The molecule has 0 fully saturated rings. The van der Waals surface area contributed by atoms with Gasteiger partial charge in [-0.1, -0.05) is 48.5 Å². The number of hydrogen-bond donors (Lipinski definition) is 3. The Morgan fingerprint density at radius 3 is 2.34 bits per heavy atom. The lowest BCUT2D eigenvalue weighted by Crippen LogP contribution is -2.44. The fourth-order valence-corrected chi connectivity index (χ4v) is 3.28. The second kappa shape index (κ2) is 9.66. The van der Waals surface area contributed by atoms with Crippen LogP contribution in [0.3, 0.4) is 0 Å². The van der Waals surface area contributed by atoms with E-state index in [9.17, 15) is 14.4 Å². The van der Waals surface area contributed by atoms with Gasteiger partial charge in [0.25, 0.3) is 11.8 Å².